The molecular formula is C21H17ClN2. The fourth-order valence-corrected chi connectivity index (χ4v) is 3.21. The molecule has 1 aliphatic heterocycles. The average molecular weight is 333 g/mol. The quantitative estimate of drug-likeness (QED) is 0.702. The summed E-state index contributed by atoms with van der Waals surface area (Å²) in [6, 6.07) is 28.9. The summed E-state index contributed by atoms with van der Waals surface area (Å²) < 4.78 is 0. The molecule has 1 aliphatic rings. The van der Waals surface area contributed by atoms with E-state index < -0.39 is 0 Å². The molecule has 2 atom stereocenters. The van der Waals surface area contributed by atoms with Crippen LogP contribution in [0.5, 0.6) is 0 Å². The number of hydrogen-bond acceptors (Lipinski definition) is 2. The number of halogens is 1. The van der Waals surface area contributed by atoms with Gasteiger partial charge in [-0.15, -0.1) is 0 Å². The molecule has 0 aliphatic carbocycles. The first-order chi connectivity index (χ1) is 11.8. The lowest BCUT2D eigenvalue weighted by Crippen LogP contribution is -2.25. The van der Waals surface area contributed by atoms with Gasteiger partial charge in [-0.1, -0.05) is 72.3 Å². The summed E-state index contributed by atoms with van der Waals surface area (Å²) in [4.78, 5) is 4.98. The molecule has 0 saturated carbocycles. The van der Waals surface area contributed by atoms with E-state index >= 15 is 0 Å². The van der Waals surface area contributed by atoms with Gasteiger partial charge in [0.05, 0.1) is 6.04 Å². The minimum atomic E-state index is 0.0549. The van der Waals surface area contributed by atoms with E-state index in [1.165, 1.54) is 11.1 Å². The average Bonchev–Trinajstić information content (AvgIpc) is 3.09. The maximum atomic E-state index is 6.01. The third-order valence-corrected chi connectivity index (χ3v) is 4.55. The van der Waals surface area contributed by atoms with Crippen molar-refractivity contribution < 1.29 is 0 Å². The molecule has 3 aromatic carbocycles. The molecule has 0 bridgehead atoms. The third-order valence-electron chi connectivity index (χ3n) is 4.29. The van der Waals surface area contributed by atoms with Crippen molar-refractivity contribution in [2.45, 2.75) is 12.1 Å². The molecule has 3 aromatic rings. The second-order valence-electron chi connectivity index (χ2n) is 5.87. The van der Waals surface area contributed by atoms with Crippen molar-refractivity contribution in [2.24, 2.45) is 4.99 Å². The fraction of sp³-hybridized carbons (Fsp3) is 0.0952. The van der Waals surface area contributed by atoms with Gasteiger partial charge < -0.3 is 5.32 Å². The van der Waals surface area contributed by atoms with Crippen molar-refractivity contribution >= 4 is 17.4 Å². The smallest absolute Gasteiger partial charge is 0.129 e. The number of nitrogens with one attached hydrogen (secondary N) is 1. The second kappa shape index (κ2) is 6.50. The van der Waals surface area contributed by atoms with Crippen LogP contribution in [0, 0.1) is 0 Å². The summed E-state index contributed by atoms with van der Waals surface area (Å²) in [5, 5.41) is 4.33. The van der Waals surface area contributed by atoms with Crippen LogP contribution in [-0.2, 0) is 0 Å². The van der Waals surface area contributed by atoms with E-state index in [0.29, 0.717) is 0 Å². The summed E-state index contributed by atoms with van der Waals surface area (Å²) >= 11 is 6.01. The number of rotatable bonds is 3. The Morgan fingerprint density at radius 3 is 1.92 bits per heavy atom. The van der Waals surface area contributed by atoms with Crippen molar-refractivity contribution in [1.29, 1.82) is 0 Å². The largest absolute Gasteiger partial charge is 0.361 e. The highest BCUT2D eigenvalue weighted by atomic mass is 35.5. The zero-order valence-corrected chi connectivity index (χ0v) is 13.8. The molecule has 24 heavy (non-hydrogen) atoms. The summed E-state index contributed by atoms with van der Waals surface area (Å²) in [5.41, 5.74) is 3.50. The minimum Gasteiger partial charge on any atom is -0.361 e. The van der Waals surface area contributed by atoms with Gasteiger partial charge in [0.1, 0.15) is 11.9 Å². The Balaban J connectivity index is 1.74. The van der Waals surface area contributed by atoms with Gasteiger partial charge >= 0.3 is 0 Å². The van der Waals surface area contributed by atoms with Crippen LogP contribution in [0.2, 0.25) is 5.02 Å². The Kier molecular flexibility index (Phi) is 4.06. The van der Waals surface area contributed by atoms with Crippen LogP contribution in [0.4, 0.5) is 0 Å². The Morgan fingerprint density at radius 1 is 0.708 bits per heavy atom. The van der Waals surface area contributed by atoms with Crippen molar-refractivity contribution in [1.82, 2.24) is 5.32 Å². The molecule has 0 unspecified atom stereocenters. The van der Waals surface area contributed by atoms with Crippen LogP contribution in [0.25, 0.3) is 0 Å². The maximum Gasteiger partial charge on any atom is 0.129 e. The number of benzene rings is 3. The van der Waals surface area contributed by atoms with E-state index in [-0.39, 0.29) is 12.1 Å². The fourth-order valence-electron chi connectivity index (χ4n) is 3.09. The van der Waals surface area contributed by atoms with Crippen LogP contribution in [0.1, 0.15) is 28.8 Å². The Morgan fingerprint density at radius 2 is 1.29 bits per heavy atom. The van der Waals surface area contributed by atoms with E-state index in [4.69, 9.17) is 16.6 Å². The normalized spacial score (nSPS) is 19.6. The molecule has 4 rings (SSSR count). The van der Waals surface area contributed by atoms with Gasteiger partial charge in [-0.25, -0.2) is 0 Å². The van der Waals surface area contributed by atoms with E-state index in [1.54, 1.807) is 0 Å². The summed E-state index contributed by atoms with van der Waals surface area (Å²) in [5.74, 6) is 0.911. The molecular weight excluding hydrogens is 316 g/mol. The first-order valence-electron chi connectivity index (χ1n) is 8.01. The molecule has 2 nitrogen and oxygen atoms in total. The zero-order valence-electron chi connectivity index (χ0n) is 13.1. The van der Waals surface area contributed by atoms with E-state index in [0.717, 1.165) is 16.4 Å². The molecule has 0 spiro atoms. The van der Waals surface area contributed by atoms with Crippen LogP contribution in [0.15, 0.2) is 89.9 Å². The predicted molar refractivity (Wildman–Crippen MR) is 99.5 cm³/mol. The highest BCUT2D eigenvalue weighted by Gasteiger charge is 2.31. The van der Waals surface area contributed by atoms with Crippen molar-refractivity contribution in [3.63, 3.8) is 0 Å². The molecule has 1 heterocycles. The predicted octanol–water partition coefficient (Wildman–Crippen LogP) is 5.17. The topological polar surface area (TPSA) is 24.4 Å². The maximum absolute atomic E-state index is 6.01. The van der Waals surface area contributed by atoms with Gasteiger partial charge in [0.25, 0.3) is 0 Å². The summed E-state index contributed by atoms with van der Waals surface area (Å²) in [6.45, 7) is 0. The first-order valence-corrected chi connectivity index (χ1v) is 8.39. The van der Waals surface area contributed by atoms with Gasteiger partial charge in [0.15, 0.2) is 0 Å². The van der Waals surface area contributed by atoms with Crippen molar-refractivity contribution in [3.05, 3.63) is 107 Å². The van der Waals surface area contributed by atoms with Crippen molar-refractivity contribution in [3.8, 4) is 0 Å². The lowest BCUT2D eigenvalue weighted by atomic mass is 9.95. The Bertz CT molecular complexity index is 842. The van der Waals surface area contributed by atoms with Crippen LogP contribution >= 0.6 is 11.6 Å². The SMILES string of the molecule is Clc1ccc(C2=N[C@H](c3ccccc3)[C@H](c3ccccc3)N2)cc1. The standard InChI is InChI=1S/C21H17ClN2/c22-18-13-11-17(12-14-18)21-23-19(15-7-3-1-4-8-15)20(24-21)16-9-5-2-6-10-16/h1-14,19-20H,(H,23,24)/t19-,20+. The lowest BCUT2D eigenvalue weighted by molar-refractivity contribution is 0.572. The third kappa shape index (κ3) is 2.93. The van der Waals surface area contributed by atoms with E-state index in [1.807, 2.05) is 36.4 Å². The molecule has 0 radical (unpaired) electrons. The second-order valence-corrected chi connectivity index (χ2v) is 6.31. The molecule has 0 amide bonds. The Hall–Kier alpha value is -2.58. The number of nitrogens with zero attached hydrogens (tertiary/aromatic N) is 1. The molecule has 118 valence electrons. The molecule has 0 saturated heterocycles. The Labute approximate surface area is 146 Å². The number of amidine groups is 1. The van der Waals surface area contributed by atoms with E-state index in [2.05, 4.69) is 53.8 Å². The van der Waals surface area contributed by atoms with Gasteiger partial charge in [0.2, 0.25) is 0 Å². The molecule has 0 fully saturated rings. The van der Waals surface area contributed by atoms with Gasteiger partial charge in [-0.05, 0) is 35.4 Å². The van der Waals surface area contributed by atoms with Crippen LogP contribution < -0.4 is 5.32 Å². The number of aliphatic imine (C=N–C) groups is 1. The van der Waals surface area contributed by atoms with Crippen LogP contribution in [0.3, 0.4) is 0 Å². The minimum absolute atomic E-state index is 0.0549. The highest BCUT2D eigenvalue weighted by molar-refractivity contribution is 6.30. The summed E-state index contributed by atoms with van der Waals surface area (Å²) in [6.07, 6.45) is 0. The molecule has 3 heteroatoms. The highest BCUT2D eigenvalue weighted by Crippen LogP contribution is 2.36. The van der Waals surface area contributed by atoms with Crippen molar-refractivity contribution in [2.75, 3.05) is 0 Å². The molecule has 0 aromatic heterocycles. The van der Waals surface area contributed by atoms with Gasteiger partial charge in [-0.2, -0.15) is 0 Å². The molecule has 1 N–H and O–H groups in total. The number of hydrogen-bond donors (Lipinski definition) is 1. The lowest BCUT2D eigenvalue weighted by Gasteiger charge is -2.19. The van der Waals surface area contributed by atoms with Crippen LogP contribution in [-0.4, -0.2) is 5.84 Å². The van der Waals surface area contributed by atoms with E-state index in [9.17, 15) is 0 Å². The zero-order chi connectivity index (χ0) is 16.4. The van der Waals surface area contributed by atoms with Gasteiger partial charge in [-0.3, -0.25) is 4.99 Å². The summed E-state index contributed by atoms with van der Waals surface area (Å²) in [7, 11) is 0. The first kappa shape index (κ1) is 15.0. The monoisotopic (exact) mass is 332 g/mol. The van der Waals surface area contributed by atoms with Gasteiger partial charge in [0, 0.05) is 10.6 Å².